The number of halogens is 1. The molecule has 33 heavy (non-hydrogen) atoms. The fourth-order valence-corrected chi connectivity index (χ4v) is 4.00. The van der Waals surface area contributed by atoms with Gasteiger partial charge in [-0.15, -0.1) is 0 Å². The first kappa shape index (κ1) is 22.8. The molecular weight excluding hydrogens is 438 g/mol. The molecule has 1 saturated heterocycles. The van der Waals surface area contributed by atoms with E-state index in [1.807, 2.05) is 30.3 Å². The first-order chi connectivity index (χ1) is 15.9. The Balaban J connectivity index is 1.48. The first-order valence-electron chi connectivity index (χ1n) is 10.9. The van der Waals surface area contributed by atoms with E-state index in [1.165, 1.54) is 0 Å². The van der Waals surface area contributed by atoms with E-state index in [1.54, 1.807) is 59.2 Å². The summed E-state index contributed by atoms with van der Waals surface area (Å²) in [6.07, 6.45) is 0.216. The smallest absolute Gasteiger partial charge is 0.324 e. The molecule has 4 rings (SSSR count). The monoisotopic (exact) mass is 463 g/mol. The van der Waals surface area contributed by atoms with Crippen LogP contribution in [0.1, 0.15) is 40.9 Å². The highest BCUT2D eigenvalue weighted by molar-refractivity contribution is 6.30. The molecule has 0 bridgehead atoms. The quantitative estimate of drug-likeness (QED) is 0.508. The summed E-state index contributed by atoms with van der Waals surface area (Å²) < 4.78 is 0. The molecule has 7 heteroatoms. The van der Waals surface area contributed by atoms with Gasteiger partial charge in [-0.1, -0.05) is 41.9 Å². The van der Waals surface area contributed by atoms with Gasteiger partial charge >= 0.3 is 6.03 Å². The summed E-state index contributed by atoms with van der Waals surface area (Å²) in [6, 6.07) is 21.6. The van der Waals surface area contributed by atoms with Crippen LogP contribution in [0.3, 0.4) is 0 Å². The largest absolute Gasteiger partial charge is 0.389 e. The minimum absolute atomic E-state index is 0.0848. The fraction of sp³-hybridized carbons (Fsp3) is 0.231. The predicted octanol–water partition coefficient (Wildman–Crippen LogP) is 5.48. The summed E-state index contributed by atoms with van der Waals surface area (Å²) in [6.45, 7) is 3.46. The third-order valence-electron chi connectivity index (χ3n) is 5.64. The Hall–Kier alpha value is -3.35. The zero-order chi connectivity index (χ0) is 23.4. The number of carbonyl (C=O) groups is 2. The van der Waals surface area contributed by atoms with Gasteiger partial charge in [0.15, 0.2) is 0 Å². The number of aliphatic hydroxyl groups is 1. The number of aliphatic hydroxyl groups excluding tert-OH is 1. The van der Waals surface area contributed by atoms with Crippen molar-refractivity contribution in [3.05, 3.63) is 94.5 Å². The van der Waals surface area contributed by atoms with Crippen molar-refractivity contribution in [3.63, 3.8) is 0 Å². The van der Waals surface area contributed by atoms with E-state index in [0.717, 1.165) is 17.5 Å². The summed E-state index contributed by atoms with van der Waals surface area (Å²) >= 11 is 5.97. The van der Waals surface area contributed by atoms with Gasteiger partial charge in [0.2, 0.25) is 0 Å². The number of amides is 3. The molecule has 3 amide bonds. The van der Waals surface area contributed by atoms with Crippen molar-refractivity contribution in [3.8, 4) is 0 Å². The van der Waals surface area contributed by atoms with Crippen molar-refractivity contribution in [2.75, 3.05) is 23.3 Å². The first-order valence-corrected chi connectivity index (χ1v) is 11.3. The number of hydrogen-bond acceptors (Lipinski definition) is 3. The van der Waals surface area contributed by atoms with Crippen molar-refractivity contribution < 1.29 is 14.7 Å². The van der Waals surface area contributed by atoms with Crippen LogP contribution >= 0.6 is 11.6 Å². The molecule has 3 aromatic carbocycles. The van der Waals surface area contributed by atoms with E-state index in [4.69, 9.17) is 11.6 Å². The average molecular weight is 464 g/mol. The number of rotatable bonds is 6. The van der Waals surface area contributed by atoms with Gasteiger partial charge in [-0.05, 0) is 66.9 Å². The molecule has 0 aromatic heterocycles. The summed E-state index contributed by atoms with van der Waals surface area (Å²) in [5.74, 6) is -0.276. The average Bonchev–Trinajstić information content (AvgIpc) is 2.82. The summed E-state index contributed by atoms with van der Waals surface area (Å²) in [7, 11) is 0. The molecule has 6 nitrogen and oxygen atoms in total. The van der Waals surface area contributed by atoms with Crippen molar-refractivity contribution in [1.29, 1.82) is 0 Å². The number of nitrogens with one attached hydrogen (secondary N) is 1. The maximum atomic E-state index is 13.2. The van der Waals surface area contributed by atoms with Crippen LogP contribution in [0.5, 0.6) is 0 Å². The predicted molar refractivity (Wildman–Crippen MR) is 131 cm³/mol. The summed E-state index contributed by atoms with van der Waals surface area (Å²) in [5, 5.41) is 13.3. The molecule has 0 unspecified atom stereocenters. The summed E-state index contributed by atoms with van der Waals surface area (Å²) in [5.41, 5.74) is 3.49. The number of benzene rings is 3. The lowest BCUT2D eigenvalue weighted by molar-refractivity contribution is 0.102. The Morgan fingerprint density at radius 1 is 1.06 bits per heavy atom. The van der Waals surface area contributed by atoms with Crippen molar-refractivity contribution in [2.24, 2.45) is 0 Å². The van der Waals surface area contributed by atoms with E-state index in [9.17, 15) is 14.7 Å². The second-order valence-electron chi connectivity index (χ2n) is 8.14. The standard InChI is InChI=1S/C26H26ClN3O3/c1-18(31)20-5-2-7-23(15-20)28-25(32)21-6-3-8-24(16-21)30-14-4-13-29(26(30)33)17-19-9-11-22(27)12-10-19/h2-3,5-12,15-16,18,31H,4,13-14,17H2,1H3,(H,28,32)/t18-/m1/s1. The van der Waals surface area contributed by atoms with E-state index in [0.29, 0.717) is 41.6 Å². The molecule has 0 radical (unpaired) electrons. The lowest BCUT2D eigenvalue weighted by Gasteiger charge is -2.35. The van der Waals surface area contributed by atoms with Crippen LogP contribution < -0.4 is 10.2 Å². The van der Waals surface area contributed by atoms with Crippen LogP contribution in [0.2, 0.25) is 5.02 Å². The van der Waals surface area contributed by atoms with Gasteiger partial charge in [-0.2, -0.15) is 0 Å². The van der Waals surface area contributed by atoms with Gasteiger partial charge in [0.1, 0.15) is 0 Å². The van der Waals surface area contributed by atoms with Crippen LogP contribution in [0.25, 0.3) is 0 Å². The highest BCUT2D eigenvalue weighted by atomic mass is 35.5. The van der Waals surface area contributed by atoms with E-state index >= 15 is 0 Å². The zero-order valence-corrected chi connectivity index (χ0v) is 19.1. The van der Waals surface area contributed by atoms with Gasteiger partial charge < -0.3 is 15.3 Å². The molecule has 0 spiro atoms. The molecule has 1 atom stereocenters. The van der Waals surface area contributed by atoms with Gasteiger partial charge in [0.25, 0.3) is 5.91 Å². The molecular formula is C26H26ClN3O3. The van der Waals surface area contributed by atoms with Crippen molar-refractivity contribution in [1.82, 2.24) is 4.90 Å². The third-order valence-corrected chi connectivity index (χ3v) is 5.90. The molecule has 3 aromatic rings. The van der Waals surface area contributed by atoms with Gasteiger partial charge in [-0.25, -0.2) is 4.79 Å². The normalized spacial score (nSPS) is 14.8. The molecule has 0 saturated carbocycles. The Kier molecular flexibility index (Phi) is 6.96. The van der Waals surface area contributed by atoms with Crippen LogP contribution in [0.4, 0.5) is 16.2 Å². The van der Waals surface area contributed by atoms with E-state index in [-0.39, 0.29) is 11.9 Å². The Morgan fingerprint density at radius 3 is 2.58 bits per heavy atom. The molecule has 1 aliphatic rings. The molecule has 1 aliphatic heterocycles. The van der Waals surface area contributed by atoms with Crippen LogP contribution in [-0.2, 0) is 6.54 Å². The minimum atomic E-state index is -0.619. The number of nitrogens with zero attached hydrogens (tertiary/aromatic N) is 2. The number of hydrogen-bond donors (Lipinski definition) is 2. The van der Waals surface area contributed by atoms with Crippen LogP contribution in [-0.4, -0.2) is 35.0 Å². The fourth-order valence-electron chi connectivity index (χ4n) is 3.87. The summed E-state index contributed by atoms with van der Waals surface area (Å²) in [4.78, 5) is 29.5. The van der Waals surface area contributed by atoms with Crippen LogP contribution in [0.15, 0.2) is 72.8 Å². The lowest BCUT2D eigenvalue weighted by Crippen LogP contribution is -2.49. The second-order valence-corrected chi connectivity index (χ2v) is 8.58. The zero-order valence-electron chi connectivity index (χ0n) is 18.4. The second kappa shape index (κ2) is 10.1. The lowest BCUT2D eigenvalue weighted by atomic mass is 10.1. The van der Waals surface area contributed by atoms with E-state index in [2.05, 4.69) is 5.32 Å². The van der Waals surface area contributed by atoms with Crippen molar-refractivity contribution in [2.45, 2.75) is 26.0 Å². The number of anilines is 2. The van der Waals surface area contributed by atoms with Gasteiger partial charge in [-0.3, -0.25) is 9.69 Å². The highest BCUT2D eigenvalue weighted by Gasteiger charge is 2.27. The van der Waals surface area contributed by atoms with Gasteiger partial charge in [0.05, 0.1) is 6.10 Å². The third kappa shape index (κ3) is 5.53. The Morgan fingerprint density at radius 2 is 1.82 bits per heavy atom. The maximum absolute atomic E-state index is 13.2. The van der Waals surface area contributed by atoms with Crippen molar-refractivity contribution >= 4 is 34.9 Å². The topological polar surface area (TPSA) is 72.9 Å². The highest BCUT2D eigenvalue weighted by Crippen LogP contribution is 2.24. The molecule has 2 N–H and O–H groups in total. The van der Waals surface area contributed by atoms with E-state index < -0.39 is 6.10 Å². The molecule has 170 valence electrons. The Labute approximate surface area is 198 Å². The molecule has 1 fully saturated rings. The number of urea groups is 1. The molecule has 0 aliphatic carbocycles. The minimum Gasteiger partial charge on any atom is -0.389 e. The SMILES string of the molecule is C[C@@H](O)c1cccc(NC(=O)c2cccc(N3CCCN(Cc4ccc(Cl)cc4)C3=O)c2)c1. The molecule has 1 heterocycles. The Bertz CT molecular complexity index is 1150. The van der Waals surface area contributed by atoms with Crippen LogP contribution in [0, 0.1) is 0 Å². The van der Waals surface area contributed by atoms with Gasteiger partial charge in [0, 0.05) is 41.6 Å². The maximum Gasteiger partial charge on any atom is 0.324 e. The number of carbonyl (C=O) groups excluding carboxylic acids is 2.